The first-order chi connectivity index (χ1) is 12.6. The second kappa shape index (κ2) is 8.36. The minimum absolute atomic E-state index is 0. The highest BCUT2D eigenvalue weighted by Crippen LogP contribution is 2.42. The fraction of sp³-hybridized carbons (Fsp3) is 0.476. The van der Waals surface area contributed by atoms with Crippen LogP contribution in [0.15, 0.2) is 36.5 Å². The number of carbonyl (C=O) groups is 1. The summed E-state index contributed by atoms with van der Waals surface area (Å²) in [4.78, 5) is 21.6. The molecule has 1 aromatic carbocycles. The van der Waals surface area contributed by atoms with E-state index in [0.717, 1.165) is 29.8 Å². The number of nitrogens with one attached hydrogen (secondary N) is 1. The number of benzene rings is 1. The van der Waals surface area contributed by atoms with Crippen molar-refractivity contribution in [3.05, 3.63) is 42.2 Å². The van der Waals surface area contributed by atoms with Crippen LogP contribution in [0, 0.1) is 24.7 Å². The van der Waals surface area contributed by atoms with Gasteiger partial charge in [0.25, 0.3) is 0 Å². The summed E-state index contributed by atoms with van der Waals surface area (Å²) in [7, 11) is 0. The second-order valence-electron chi connectivity index (χ2n) is 7.79. The Morgan fingerprint density at radius 1 is 1.19 bits per heavy atom. The third-order valence-electron chi connectivity index (χ3n) is 5.97. The van der Waals surface area contributed by atoms with E-state index in [1.807, 2.05) is 37.3 Å². The SMILES string of the molecule is Cc1ccnc(-c2cccc(NC(=O)C3CC4CCCC(C3)C4N)c2)n1.Cl. The Labute approximate surface area is 166 Å². The first kappa shape index (κ1) is 19.8. The molecule has 2 bridgehead atoms. The molecule has 1 aromatic heterocycles. The highest BCUT2D eigenvalue weighted by molar-refractivity contribution is 5.93. The molecule has 0 radical (unpaired) electrons. The van der Waals surface area contributed by atoms with Crippen LogP contribution in [0.1, 0.15) is 37.8 Å². The maximum absolute atomic E-state index is 12.8. The van der Waals surface area contributed by atoms with Gasteiger partial charge in [-0.25, -0.2) is 9.97 Å². The minimum atomic E-state index is 0. The van der Waals surface area contributed by atoms with Crippen molar-refractivity contribution in [1.29, 1.82) is 0 Å². The molecule has 6 heteroatoms. The van der Waals surface area contributed by atoms with Gasteiger partial charge in [-0.15, -0.1) is 12.4 Å². The predicted molar refractivity (Wildman–Crippen MR) is 110 cm³/mol. The molecule has 0 spiro atoms. The number of hydrogen-bond donors (Lipinski definition) is 2. The molecule has 2 aliphatic carbocycles. The van der Waals surface area contributed by atoms with Gasteiger partial charge in [0.2, 0.25) is 5.91 Å². The fourth-order valence-electron chi connectivity index (χ4n) is 4.57. The lowest BCUT2D eigenvalue weighted by Crippen LogP contribution is -2.48. The van der Waals surface area contributed by atoms with E-state index < -0.39 is 0 Å². The van der Waals surface area contributed by atoms with Crippen LogP contribution < -0.4 is 11.1 Å². The minimum Gasteiger partial charge on any atom is -0.327 e. The number of halogens is 1. The van der Waals surface area contributed by atoms with Gasteiger partial charge < -0.3 is 11.1 Å². The third kappa shape index (κ3) is 4.30. The van der Waals surface area contributed by atoms with E-state index in [-0.39, 0.29) is 30.3 Å². The Bertz CT molecular complexity index is 798. The highest BCUT2D eigenvalue weighted by Gasteiger charge is 2.40. The molecule has 2 aliphatic rings. The molecule has 27 heavy (non-hydrogen) atoms. The number of anilines is 1. The smallest absolute Gasteiger partial charge is 0.227 e. The molecule has 0 saturated heterocycles. The topological polar surface area (TPSA) is 80.9 Å². The Balaban J connectivity index is 0.00000210. The number of hydrogen-bond acceptors (Lipinski definition) is 4. The number of amides is 1. The van der Waals surface area contributed by atoms with Crippen LogP contribution in [-0.2, 0) is 4.79 Å². The first-order valence-electron chi connectivity index (χ1n) is 9.56. The quantitative estimate of drug-likeness (QED) is 0.836. The number of aryl methyl sites for hydroxylation is 1. The van der Waals surface area contributed by atoms with Crippen LogP contribution in [0.25, 0.3) is 11.4 Å². The molecule has 2 fully saturated rings. The van der Waals surface area contributed by atoms with Gasteiger partial charge in [0.1, 0.15) is 0 Å². The van der Waals surface area contributed by atoms with Gasteiger partial charge >= 0.3 is 0 Å². The zero-order valence-corrected chi connectivity index (χ0v) is 16.4. The predicted octanol–water partition coefficient (Wildman–Crippen LogP) is 3.97. The molecule has 2 atom stereocenters. The van der Waals surface area contributed by atoms with E-state index in [2.05, 4.69) is 15.3 Å². The third-order valence-corrected chi connectivity index (χ3v) is 5.97. The van der Waals surface area contributed by atoms with Crippen molar-refractivity contribution in [2.75, 3.05) is 5.32 Å². The van der Waals surface area contributed by atoms with Gasteiger partial charge in [-0.05, 0) is 62.6 Å². The summed E-state index contributed by atoms with van der Waals surface area (Å²) in [5.41, 5.74) is 8.99. The largest absolute Gasteiger partial charge is 0.327 e. The Morgan fingerprint density at radius 2 is 1.93 bits per heavy atom. The summed E-state index contributed by atoms with van der Waals surface area (Å²) in [6.07, 6.45) is 7.19. The summed E-state index contributed by atoms with van der Waals surface area (Å²) in [6, 6.07) is 9.93. The summed E-state index contributed by atoms with van der Waals surface area (Å²) < 4.78 is 0. The molecule has 4 rings (SSSR count). The monoisotopic (exact) mass is 386 g/mol. The summed E-state index contributed by atoms with van der Waals surface area (Å²) in [5.74, 6) is 1.88. The van der Waals surface area contributed by atoms with Crippen molar-refractivity contribution in [3.63, 3.8) is 0 Å². The average Bonchev–Trinajstić information content (AvgIpc) is 2.61. The maximum Gasteiger partial charge on any atom is 0.227 e. The lowest BCUT2D eigenvalue weighted by molar-refractivity contribution is -0.122. The molecule has 0 aliphatic heterocycles. The number of nitrogens with zero attached hydrogens (tertiary/aromatic N) is 2. The van der Waals surface area contributed by atoms with Crippen LogP contribution in [0.2, 0.25) is 0 Å². The number of carbonyl (C=O) groups excluding carboxylic acids is 1. The lowest BCUT2D eigenvalue weighted by Gasteiger charge is -2.43. The normalized spacial score (nSPS) is 26.7. The highest BCUT2D eigenvalue weighted by atomic mass is 35.5. The fourth-order valence-corrected chi connectivity index (χ4v) is 4.57. The van der Waals surface area contributed by atoms with Gasteiger partial charge in [-0.2, -0.15) is 0 Å². The summed E-state index contributed by atoms with van der Waals surface area (Å²) >= 11 is 0. The molecule has 144 valence electrons. The van der Waals surface area contributed by atoms with E-state index in [0.29, 0.717) is 17.7 Å². The van der Waals surface area contributed by atoms with Crippen molar-refractivity contribution >= 4 is 24.0 Å². The van der Waals surface area contributed by atoms with Gasteiger partial charge in [0.15, 0.2) is 5.82 Å². The molecule has 1 heterocycles. The average molecular weight is 387 g/mol. The standard InChI is InChI=1S/C21H26N4O.ClH/c1-13-8-9-23-20(24-13)16-6-3-7-18(12-16)25-21(26)17-10-14-4-2-5-15(11-17)19(14)22;/h3,6-9,12,14-15,17,19H,2,4-5,10-11,22H2,1H3,(H,25,26);1H. The maximum atomic E-state index is 12.8. The molecule has 2 aromatic rings. The molecular weight excluding hydrogens is 360 g/mol. The molecule has 2 saturated carbocycles. The van der Waals surface area contributed by atoms with Gasteiger partial charge in [0, 0.05) is 35.1 Å². The van der Waals surface area contributed by atoms with Crippen LogP contribution in [-0.4, -0.2) is 21.9 Å². The van der Waals surface area contributed by atoms with Crippen LogP contribution in [0.4, 0.5) is 5.69 Å². The van der Waals surface area contributed by atoms with Crippen LogP contribution in [0.3, 0.4) is 0 Å². The van der Waals surface area contributed by atoms with Gasteiger partial charge in [-0.1, -0.05) is 18.6 Å². The van der Waals surface area contributed by atoms with Crippen LogP contribution >= 0.6 is 12.4 Å². The number of nitrogens with two attached hydrogens (primary N) is 1. The summed E-state index contributed by atoms with van der Waals surface area (Å²) in [6.45, 7) is 1.95. The first-order valence-corrected chi connectivity index (χ1v) is 9.56. The van der Waals surface area contributed by atoms with Crippen molar-refractivity contribution in [3.8, 4) is 11.4 Å². The van der Waals surface area contributed by atoms with Crippen molar-refractivity contribution < 1.29 is 4.79 Å². The Kier molecular flexibility index (Phi) is 6.12. The summed E-state index contributed by atoms with van der Waals surface area (Å²) in [5, 5.41) is 3.11. The van der Waals surface area contributed by atoms with E-state index >= 15 is 0 Å². The van der Waals surface area contributed by atoms with E-state index in [1.54, 1.807) is 6.20 Å². The lowest BCUT2D eigenvalue weighted by atomic mass is 9.65. The molecule has 2 unspecified atom stereocenters. The molecule has 5 nitrogen and oxygen atoms in total. The zero-order chi connectivity index (χ0) is 18.1. The van der Waals surface area contributed by atoms with E-state index in [4.69, 9.17) is 5.73 Å². The number of fused-ring (bicyclic) bond motifs is 2. The zero-order valence-electron chi connectivity index (χ0n) is 15.6. The van der Waals surface area contributed by atoms with Crippen molar-refractivity contribution in [2.45, 2.75) is 45.1 Å². The van der Waals surface area contributed by atoms with Crippen molar-refractivity contribution in [2.24, 2.45) is 23.5 Å². The molecular formula is C21H27ClN4O. The Morgan fingerprint density at radius 3 is 2.63 bits per heavy atom. The van der Waals surface area contributed by atoms with E-state index in [9.17, 15) is 4.79 Å². The molecule has 3 N–H and O–H groups in total. The number of rotatable bonds is 3. The van der Waals surface area contributed by atoms with Crippen molar-refractivity contribution in [1.82, 2.24) is 9.97 Å². The second-order valence-corrected chi connectivity index (χ2v) is 7.79. The van der Waals surface area contributed by atoms with E-state index in [1.165, 1.54) is 19.3 Å². The number of aromatic nitrogens is 2. The van der Waals surface area contributed by atoms with Gasteiger partial charge in [-0.3, -0.25) is 4.79 Å². The molecule has 1 amide bonds. The van der Waals surface area contributed by atoms with Crippen LogP contribution in [0.5, 0.6) is 0 Å². The van der Waals surface area contributed by atoms with Gasteiger partial charge in [0.05, 0.1) is 0 Å². The Hall–Kier alpha value is -1.98.